The number of fused-ring (bicyclic) bond motifs is 1. The first-order chi connectivity index (χ1) is 16.9. The van der Waals surface area contributed by atoms with Gasteiger partial charge in [-0.2, -0.15) is 5.26 Å². The maximum Gasteiger partial charge on any atom is 0.336 e. The summed E-state index contributed by atoms with van der Waals surface area (Å²) in [7, 11) is 3.10. The van der Waals surface area contributed by atoms with Crippen molar-refractivity contribution >= 4 is 23.6 Å². The summed E-state index contributed by atoms with van der Waals surface area (Å²) in [6.07, 6.45) is 2.94. The summed E-state index contributed by atoms with van der Waals surface area (Å²) in [5, 5.41) is 10.4. The Kier molecular flexibility index (Phi) is 6.95. The Bertz CT molecular complexity index is 1370. The zero-order valence-electron chi connectivity index (χ0n) is 18.9. The van der Waals surface area contributed by atoms with Gasteiger partial charge in [0.05, 0.1) is 20.1 Å². The van der Waals surface area contributed by atoms with Crippen LogP contribution in [0.25, 0.3) is 6.08 Å². The van der Waals surface area contributed by atoms with Crippen molar-refractivity contribution in [3.8, 4) is 29.1 Å². The lowest BCUT2D eigenvalue weighted by Gasteiger charge is -2.28. The average molecular weight is 489 g/mol. The molecule has 0 amide bonds. The van der Waals surface area contributed by atoms with Crippen molar-refractivity contribution in [2.45, 2.75) is 5.92 Å². The van der Waals surface area contributed by atoms with Gasteiger partial charge < -0.3 is 24.7 Å². The van der Waals surface area contributed by atoms with E-state index in [1.807, 2.05) is 0 Å². The van der Waals surface area contributed by atoms with Crippen LogP contribution in [0.1, 0.15) is 22.6 Å². The van der Waals surface area contributed by atoms with Gasteiger partial charge in [-0.05, 0) is 48.0 Å². The highest BCUT2D eigenvalue weighted by Crippen LogP contribution is 2.46. The summed E-state index contributed by atoms with van der Waals surface area (Å²) in [6.45, 7) is 0. The Balaban J connectivity index is 1.65. The molecule has 4 rings (SSSR count). The SMILES string of the molecule is COc1ccc(OC)c(C2C(C#N)=C(N)Oc3cc(OC(=O)/C=C/c4ccc(Cl)cc4)ccc32)c1. The predicted molar refractivity (Wildman–Crippen MR) is 131 cm³/mol. The van der Waals surface area contributed by atoms with Crippen LogP contribution in [-0.2, 0) is 4.79 Å². The second-order valence-corrected chi connectivity index (χ2v) is 7.97. The first-order valence-corrected chi connectivity index (χ1v) is 10.9. The van der Waals surface area contributed by atoms with Gasteiger partial charge in [0.1, 0.15) is 34.6 Å². The second kappa shape index (κ2) is 10.2. The fourth-order valence-electron chi connectivity index (χ4n) is 3.77. The van der Waals surface area contributed by atoms with Crippen molar-refractivity contribution in [1.82, 2.24) is 0 Å². The van der Waals surface area contributed by atoms with Crippen molar-refractivity contribution in [3.63, 3.8) is 0 Å². The molecule has 1 heterocycles. The van der Waals surface area contributed by atoms with E-state index in [1.165, 1.54) is 6.08 Å². The molecule has 1 unspecified atom stereocenters. The fraction of sp³-hybridized carbons (Fsp3) is 0.111. The molecule has 0 bridgehead atoms. The summed E-state index contributed by atoms with van der Waals surface area (Å²) in [5.74, 6) is 0.615. The number of nitriles is 1. The topological polar surface area (TPSA) is 104 Å². The summed E-state index contributed by atoms with van der Waals surface area (Å²) < 4.78 is 22.1. The zero-order valence-corrected chi connectivity index (χ0v) is 19.7. The number of hydrogen-bond acceptors (Lipinski definition) is 7. The van der Waals surface area contributed by atoms with Crippen LogP contribution < -0.4 is 24.7 Å². The third-order valence-corrected chi connectivity index (χ3v) is 5.69. The molecule has 0 radical (unpaired) electrons. The molecule has 0 saturated carbocycles. The first-order valence-electron chi connectivity index (χ1n) is 10.5. The molecular formula is C27H21ClN2O5. The van der Waals surface area contributed by atoms with Crippen molar-refractivity contribution in [2.24, 2.45) is 5.73 Å². The first kappa shape index (κ1) is 23.7. The number of halogens is 1. The number of benzene rings is 3. The lowest BCUT2D eigenvalue weighted by Crippen LogP contribution is -2.21. The minimum atomic E-state index is -0.567. The number of esters is 1. The van der Waals surface area contributed by atoms with Crippen LogP contribution in [0.3, 0.4) is 0 Å². The Morgan fingerprint density at radius 2 is 1.77 bits per heavy atom. The molecule has 176 valence electrons. The van der Waals surface area contributed by atoms with Gasteiger partial charge in [0.15, 0.2) is 0 Å². The van der Waals surface area contributed by atoms with Crippen molar-refractivity contribution in [2.75, 3.05) is 14.2 Å². The molecule has 1 aliphatic heterocycles. The van der Waals surface area contributed by atoms with Gasteiger partial charge in [0.25, 0.3) is 0 Å². The van der Waals surface area contributed by atoms with Crippen LogP contribution in [0, 0.1) is 11.3 Å². The van der Waals surface area contributed by atoms with E-state index in [4.69, 9.17) is 36.3 Å². The van der Waals surface area contributed by atoms with Gasteiger partial charge in [0.2, 0.25) is 5.88 Å². The van der Waals surface area contributed by atoms with Gasteiger partial charge in [-0.3, -0.25) is 0 Å². The van der Waals surface area contributed by atoms with E-state index in [1.54, 1.807) is 81.0 Å². The minimum absolute atomic E-state index is 0.0408. The van der Waals surface area contributed by atoms with Crippen LogP contribution in [0.4, 0.5) is 0 Å². The molecule has 1 aliphatic rings. The number of hydrogen-bond donors (Lipinski definition) is 1. The number of ether oxygens (including phenoxy) is 4. The van der Waals surface area contributed by atoms with Gasteiger partial charge in [-0.25, -0.2) is 4.79 Å². The number of nitrogens with zero attached hydrogens (tertiary/aromatic N) is 1. The number of rotatable bonds is 6. The molecule has 8 heteroatoms. The molecule has 0 spiro atoms. The monoisotopic (exact) mass is 488 g/mol. The zero-order chi connectivity index (χ0) is 24.9. The largest absolute Gasteiger partial charge is 0.497 e. The Hall–Kier alpha value is -4.41. The number of nitrogens with two attached hydrogens (primary N) is 1. The van der Waals surface area contributed by atoms with Crippen molar-refractivity contribution in [1.29, 1.82) is 5.26 Å². The third-order valence-electron chi connectivity index (χ3n) is 5.44. The number of methoxy groups -OCH3 is 2. The molecular weight excluding hydrogens is 468 g/mol. The molecule has 0 aromatic heterocycles. The molecule has 0 aliphatic carbocycles. The molecule has 7 nitrogen and oxygen atoms in total. The maximum absolute atomic E-state index is 12.3. The quantitative estimate of drug-likeness (QED) is 0.289. The normalized spacial score (nSPS) is 14.6. The Morgan fingerprint density at radius 3 is 2.46 bits per heavy atom. The van der Waals surface area contributed by atoms with Crippen LogP contribution >= 0.6 is 11.6 Å². The maximum atomic E-state index is 12.3. The fourth-order valence-corrected chi connectivity index (χ4v) is 3.90. The molecule has 3 aromatic rings. The molecule has 2 N–H and O–H groups in total. The Morgan fingerprint density at radius 1 is 1.03 bits per heavy atom. The summed E-state index contributed by atoms with van der Waals surface area (Å²) in [4.78, 5) is 12.3. The predicted octanol–water partition coefficient (Wildman–Crippen LogP) is 5.19. The average Bonchev–Trinajstić information content (AvgIpc) is 2.87. The van der Waals surface area contributed by atoms with Gasteiger partial charge in [-0.15, -0.1) is 0 Å². The molecule has 3 aromatic carbocycles. The highest BCUT2D eigenvalue weighted by molar-refractivity contribution is 6.30. The summed E-state index contributed by atoms with van der Waals surface area (Å²) in [6, 6.07) is 19.4. The van der Waals surface area contributed by atoms with E-state index >= 15 is 0 Å². The molecule has 0 fully saturated rings. The minimum Gasteiger partial charge on any atom is -0.497 e. The van der Waals surface area contributed by atoms with E-state index in [0.29, 0.717) is 33.4 Å². The summed E-state index contributed by atoms with van der Waals surface area (Å²) in [5.41, 5.74) is 8.49. The van der Waals surface area contributed by atoms with Crippen LogP contribution in [0.15, 0.2) is 78.2 Å². The van der Waals surface area contributed by atoms with E-state index < -0.39 is 11.9 Å². The third kappa shape index (κ3) is 5.08. The van der Waals surface area contributed by atoms with Crippen molar-refractivity contribution in [3.05, 3.63) is 99.9 Å². The van der Waals surface area contributed by atoms with Gasteiger partial charge in [-0.1, -0.05) is 29.8 Å². The Labute approximate surface area is 207 Å². The van der Waals surface area contributed by atoms with Crippen molar-refractivity contribution < 1.29 is 23.7 Å². The highest BCUT2D eigenvalue weighted by atomic mass is 35.5. The van der Waals surface area contributed by atoms with Crippen LogP contribution in [0.5, 0.6) is 23.0 Å². The number of carbonyl (C=O) groups is 1. The van der Waals surface area contributed by atoms with Crippen LogP contribution in [-0.4, -0.2) is 20.2 Å². The van der Waals surface area contributed by atoms with Crippen LogP contribution in [0.2, 0.25) is 5.02 Å². The number of allylic oxidation sites excluding steroid dienone is 1. The smallest absolute Gasteiger partial charge is 0.336 e. The molecule has 35 heavy (non-hydrogen) atoms. The molecule has 1 atom stereocenters. The van der Waals surface area contributed by atoms with E-state index in [-0.39, 0.29) is 17.2 Å². The van der Waals surface area contributed by atoms with Gasteiger partial charge in [0, 0.05) is 28.3 Å². The van der Waals surface area contributed by atoms with E-state index in [9.17, 15) is 10.1 Å². The number of carbonyl (C=O) groups excluding carboxylic acids is 1. The van der Waals surface area contributed by atoms with E-state index in [0.717, 1.165) is 5.56 Å². The molecule has 0 saturated heterocycles. The van der Waals surface area contributed by atoms with Gasteiger partial charge >= 0.3 is 5.97 Å². The second-order valence-electron chi connectivity index (χ2n) is 7.54. The summed E-state index contributed by atoms with van der Waals surface area (Å²) >= 11 is 5.88. The lowest BCUT2D eigenvalue weighted by atomic mass is 9.83. The highest BCUT2D eigenvalue weighted by Gasteiger charge is 2.33. The lowest BCUT2D eigenvalue weighted by molar-refractivity contribution is -0.128. The standard InChI is InChI=1S/C27H21ClN2O5/c1-32-18-9-11-23(33-2)21(13-18)26-20-10-8-19(14-24(20)35-27(30)22(26)15-29)34-25(31)12-5-16-3-6-17(28)7-4-16/h3-14,26H,30H2,1-2H3/b12-5+. The van der Waals surface area contributed by atoms with E-state index in [2.05, 4.69) is 6.07 Å².